The van der Waals surface area contributed by atoms with Crippen LogP contribution >= 0.6 is 8.92 Å². The van der Waals surface area contributed by atoms with E-state index in [-0.39, 0.29) is 0 Å². The Labute approximate surface area is 201 Å². The van der Waals surface area contributed by atoms with E-state index in [1.165, 1.54) is 142 Å². The number of unbranched alkanes of at least 4 members (excludes halogenated alkanes) is 16. The second-order valence-corrected chi connectivity index (χ2v) is 25.9. The third-order valence-corrected chi connectivity index (χ3v) is 20.9. The van der Waals surface area contributed by atoms with Crippen molar-refractivity contribution >= 4 is 26.2 Å². The standard InChI is InChI=1S/C16H34.3C4H9.ClH.Sn/c1-3-5-7-9-11-13-15-16-14-12-10-8-6-4-2;3*1-3-4-2;;/h3-16H2,1-2H3;3*1,3-4H2,2H3;1H;/q;;;;;+1/p-1. The summed E-state index contributed by atoms with van der Waals surface area (Å²) in [5.74, 6) is 0. The Kier molecular flexibility index (Phi) is 31.2. The molecule has 0 bridgehead atoms. The van der Waals surface area contributed by atoms with Crippen molar-refractivity contribution in [3.8, 4) is 0 Å². The molecule has 0 aromatic rings. The zero-order valence-corrected chi connectivity index (χ0v) is 25.8. The van der Waals surface area contributed by atoms with E-state index in [0.29, 0.717) is 0 Å². The molecule has 0 aromatic carbocycles. The molecule has 0 spiro atoms. The summed E-state index contributed by atoms with van der Waals surface area (Å²) in [4.78, 5) is 0. The summed E-state index contributed by atoms with van der Waals surface area (Å²) < 4.78 is 4.27. The van der Waals surface area contributed by atoms with Crippen molar-refractivity contribution in [2.24, 2.45) is 0 Å². The van der Waals surface area contributed by atoms with Crippen LogP contribution in [0.3, 0.4) is 0 Å². The number of hydrogen-bond acceptors (Lipinski definition) is 0. The summed E-state index contributed by atoms with van der Waals surface area (Å²) in [5.41, 5.74) is 0. The quantitative estimate of drug-likeness (QED) is 0.0927. The molecule has 0 saturated heterocycles. The van der Waals surface area contributed by atoms with Gasteiger partial charge in [0, 0.05) is 0 Å². The first-order valence-corrected chi connectivity index (χ1v) is 24.0. The van der Waals surface area contributed by atoms with Crippen LogP contribution < -0.4 is 0 Å². The van der Waals surface area contributed by atoms with Gasteiger partial charge in [0.25, 0.3) is 0 Å². The zero-order chi connectivity index (χ0) is 22.8. The molecule has 0 aromatic heterocycles. The Morgan fingerprint density at radius 1 is 0.333 bits per heavy atom. The topological polar surface area (TPSA) is 0 Å². The molecule has 0 saturated carbocycles. The maximum absolute atomic E-state index is 6.89. The number of hydrogen-bond donors (Lipinski definition) is 0. The minimum absolute atomic E-state index is 1.32. The normalized spacial score (nSPS) is 11.4. The molecule has 184 valence electrons. The van der Waals surface area contributed by atoms with Gasteiger partial charge in [-0.25, -0.2) is 0 Å². The molecular formula is C28H61ClSn. The van der Waals surface area contributed by atoms with Gasteiger partial charge in [0.2, 0.25) is 0 Å². The van der Waals surface area contributed by atoms with Gasteiger partial charge in [-0.2, -0.15) is 0 Å². The van der Waals surface area contributed by atoms with Crippen LogP contribution in [-0.2, 0) is 0 Å². The van der Waals surface area contributed by atoms with Gasteiger partial charge >= 0.3 is 98.8 Å². The first-order valence-electron chi connectivity index (χ1n) is 14.3. The Balaban J connectivity index is 0. The van der Waals surface area contributed by atoms with Crippen LogP contribution in [0.4, 0.5) is 0 Å². The van der Waals surface area contributed by atoms with Crippen molar-refractivity contribution in [1.82, 2.24) is 0 Å². The van der Waals surface area contributed by atoms with Gasteiger partial charge in [-0.15, -0.1) is 0 Å². The van der Waals surface area contributed by atoms with Crippen LogP contribution in [0.2, 0.25) is 13.3 Å². The van der Waals surface area contributed by atoms with Crippen LogP contribution in [0.5, 0.6) is 0 Å². The second-order valence-electron chi connectivity index (χ2n) is 9.70. The van der Waals surface area contributed by atoms with Gasteiger partial charge in [-0.1, -0.05) is 104 Å². The minimum atomic E-state index is -2.09. The fourth-order valence-electron chi connectivity index (χ4n) is 4.12. The molecule has 0 heterocycles. The molecule has 0 aliphatic heterocycles. The van der Waals surface area contributed by atoms with Crippen molar-refractivity contribution in [2.45, 2.75) is 176 Å². The summed E-state index contributed by atoms with van der Waals surface area (Å²) in [5, 5.41) is 0. The van der Waals surface area contributed by atoms with Crippen molar-refractivity contribution in [3.63, 3.8) is 0 Å². The third-order valence-electron chi connectivity index (χ3n) is 6.39. The Morgan fingerprint density at radius 2 is 0.533 bits per heavy atom. The average Bonchev–Trinajstić information content (AvgIpc) is 2.76. The van der Waals surface area contributed by atoms with Gasteiger partial charge in [0.05, 0.1) is 0 Å². The van der Waals surface area contributed by atoms with E-state index in [0.717, 1.165) is 0 Å². The van der Waals surface area contributed by atoms with Gasteiger partial charge in [-0.3, -0.25) is 0 Å². The first kappa shape index (κ1) is 33.3. The predicted molar refractivity (Wildman–Crippen MR) is 147 cm³/mol. The summed E-state index contributed by atoms with van der Waals surface area (Å²) in [6.07, 6.45) is 28.5. The molecule has 0 unspecified atom stereocenters. The van der Waals surface area contributed by atoms with E-state index in [1.54, 1.807) is 0 Å². The van der Waals surface area contributed by atoms with Gasteiger partial charge in [0.15, 0.2) is 0 Å². The molecule has 30 heavy (non-hydrogen) atoms. The van der Waals surface area contributed by atoms with E-state index < -0.39 is 17.3 Å². The van der Waals surface area contributed by atoms with Gasteiger partial charge in [-0.05, 0) is 0 Å². The first-order chi connectivity index (χ1) is 14.6. The second kappa shape index (κ2) is 28.1. The van der Waals surface area contributed by atoms with Crippen molar-refractivity contribution in [2.75, 3.05) is 0 Å². The van der Waals surface area contributed by atoms with Gasteiger partial charge in [0.1, 0.15) is 0 Å². The molecular weight excluding hydrogens is 490 g/mol. The fourth-order valence-corrected chi connectivity index (χ4v) is 17.4. The predicted octanol–water partition coefficient (Wildman–Crippen LogP) is 12.1. The van der Waals surface area contributed by atoms with E-state index in [2.05, 4.69) is 34.6 Å². The molecule has 0 amide bonds. The third kappa shape index (κ3) is 27.1. The maximum atomic E-state index is 6.89. The molecule has 0 aliphatic carbocycles. The van der Waals surface area contributed by atoms with E-state index >= 15 is 0 Å². The Morgan fingerprint density at radius 3 is 0.733 bits per heavy atom. The van der Waals surface area contributed by atoms with E-state index in [9.17, 15) is 0 Å². The Bertz CT molecular complexity index is 257. The van der Waals surface area contributed by atoms with Crippen molar-refractivity contribution in [1.29, 1.82) is 0 Å². The zero-order valence-electron chi connectivity index (χ0n) is 22.1. The summed E-state index contributed by atoms with van der Waals surface area (Å²) in [6.45, 7) is 11.4. The molecule has 0 rings (SSSR count). The van der Waals surface area contributed by atoms with Crippen LogP contribution in [0.1, 0.15) is 163 Å². The average molecular weight is 552 g/mol. The van der Waals surface area contributed by atoms with Gasteiger partial charge < -0.3 is 0 Å². The van der Waals surface area contributed by atoms with Crippen molar-refractivity contribution in [3.05, 3.63) is 0 Å². The molecule has 0 N–H and O–H groups in total. The summed E-state index contributed by atoms with van der Waals surface area (Å²) >= 11 is -2.09. The molecule has 0 nitrogen and oxygen atoms in total. The molecule has 0 radical (unpaired) electrons. The van der Waals surface area contributed by atoms with Crippen LogP contribution in [0.25, 0.3) is 0 Å². The SMILES string of the molecule is CCCCCCCCCCCCCCCC.CCC[CH2][Sn]([Cl])([CH2]CCC)[CH2]CCC. The Hall–Kier alpha value is 1.09. The number of rotatable bonds is 22. The van der Waals surface area contributed by atoms with Crippen LogP contribution in [0.15, 0.2) is 0 Å². The fraction of sp³-hybridized carbons (Fsp3) is 1.00. The van der Waals surface area contributed by atoms with E-state index in [1.807, 2.05) is 0 Å². The molecule has 0 aliphatic rings. The molecule has 0 fully saturated rings. The number of halogens is 1. The summed E-state index contributed by atoms with van der Waals surface area (Å²) in [6, 6.07) is 0. The van der Waals surface area contributed by atoms with E-state index in [4.69, 9.17) is 8.92 Å². The van der Waals surface area contributed by atoms with Crippen LogP contribution in [-0.4, -0.2) is 17.3 Å². The van der Waals surface area contributed by atoms with Crippen molar-refractivity contribution < 1.29 is 0 Å². The van der Waals surface area contributed by atoms with Crippen LogP contribution in [0, 0.1) is 0 Å². The monoisotopic (exact) mass is 552 g/mol. The summed E-state index contributed by atoms with van der Waals surface area (Å²) in [7, 11) is 6.89. The molecule has 0 atom stereocenters. The molecule has 2 heteroatoms.